The van der Waals surface area contributed by atoms with Crippen LogP contribution in [0.25, 0.3) is 22.3 Å². The number of fused-ring (bicyclic) bond motifs is 1. The van der Waals surface area contributed by atoms with E-state index in [9.17, 15) is 9.59 Å². The number of hydrogen-bond donors (Lipinski definition) is 3. The van der Waals surface area contributed by atoms with Crippen molar-refractivity contribution in [3.8, 4) is 11.3 Å². The van der Waals surface area contributed by atoms with Gasteiger partial charge in [-0.25, -0.2) is 9.97 Å². The van der Waals surface area contributed by atoms with Gasteiger partial charge in [-0.3, -0.25) is 9.59 Å². The summed E-state index contributed by atoms with van der Waals surface area (Å²) in [4.78, 5) is 35.1. The zero-order valence-electron chi connectivity index (χ0n) is 12.0. The van der Waals surface area contributed by atoms with Crippen LogP contribution in [0.2, 0.25) is 0 Å². The van der Waals surface area contributed by atoms with Gasteiger partial charge in [-0.2, -0.15) is 0 Å². The molecule has 3 N–H and O–H groups in total. The first-order valence-corrected chi connectivity index (χ1v) is 8.07. The highest BCUT2D eigenvalue weighted by Gasteiger charge is 2.27. The minimum absolute atomic E-state index is 0.0868. The van der Waals surface area contributed by atoms with Gasteiger partial charge in [0.05, 0.1) is 5.69 Å². The smallest absolute Gasteiger partial charge is 0.248 e. The van der Waals surface area contributed by atoms with Crippen LogP contribution in [0, 0.1) is 0 Å². The first kappa shape index (κ1) is 13.9. The Morgan fingerprint density at radius 1 is 1.43 bits per heavy atom. The summed E-state index contributed by atoms with van der Waals surface area (Å²) >= 11 is 1.35. The average Bonchev–Trinajstić information content (AvgIpc) is 3.26. The van der Waals surface area contributed by atoms with Gasteiger partial charge >= 0.3 is 0 Å². The number of aromatic nitrogens is 3. The molecular weight excluding hydrogens is 314 g/mol. The van der Waals surface area contributed by atoms with Crippen LogP contribution in [0.15, 0.2) is 29.9 Å². The molecule has 0 saturated carbocycles. The first-order valence-electron chi connectivity index (χ1n) is 7.19. The number of thiazole rings is 1. The SMILES string of the molecule is O=C1CCC(C(=O)Nc2nc(-c3c[nH]c4ncccc34)cs2)N1. The van der Waals surface area contributed by atoms with Gasteiger partial charge in [0.2, 0.25) is 11.8 Å². The van der Waals surface area contributed by atoms with Gasteiger partial charge in [0, 0.05) is 35.1 Å². The van der Waals surface area contributed by atoms with E-state index >= 15 is 0 Å². The Hall–Kier alpha value is -2.74. The predicted octanol–water partition coefficient (Wildman–Crippen LogP) is 1.90. The summed E-state index contributed by atoms with van der Waals surface area (Å²) in [6.07, 6.45) is 4.50. The van der Waals surface area contributed by atoms with Crippen LogP contribution < -0.4 is 10.6 Å². The third-order valence-electron chi connectivity index (χ3n) is 3.77. The number of amides is 2. The molecule has 0 bridgehead atoms. The molecule has 1 aliphatic heterocycles. The van der Waals surface area contributed by atoms with Crippen molar-refractivity contribution in [2.75, 3.05) is 5.32 Å². The zero-order valence-corrected chi connectivity index (χ0v) is 12.8. The van der Waals surface area contributed by atoms with Crippen LogP contribution in [-0.2, 0) is 9.59 Å². The molecule has 1 atom stereocenters. The number of carbonyl (C=O) groups is 2. The molecule has 0 radical (unpaired) electrons. The molecule has 0 aliphatic carbocycles. The highest BCUT2D eigenvalue weighted by atomic mass is 32.1. The largest absolute Gasteiger partial charge is 0.345 e. The number of carbonyl (C=O) groups excluding carboxylic acids is 2. The minimum atomic E-state index is -0.466. The summed E-state index contributed by atoms with van der Waals surface area (Å²) < 4.78 is 0. The third-order valence-corrected chi connectivity index (χ3v) is 4.53. The Morgan fingerprint density at radius 3 is 3.17 bits per heavy atom. The van der Waals surface area contributed by atoms with Gasteiger partial charge < -0.3 is 15.6 Å². The fourth-order valence-corrected chi connectivity index (χ4v) is 3.34. The van der Waals surface area contributed by atoms with Crippen molar-refractivity contribution in [3.05, 3.63) is 29.9 Å². The van der Waals surface area contributed by atoms with Crippen molar-refractivity contribution in [1.29, 1.82) is 0 Å². The zero-order chi connectivity index (χ0) is 15.8. The fraction of sp³-hybridized carbons (Fsp3) is 0.200. The molecule has 4 heterocycles. The van der Waals surface area contributed by atoms with Crippen molar-refractivity contribution in [3.63, 3.8) is 0 Å². The lowest BCUT2D eigenvalue weighted by Gasteiger charge is -2.08. The maximum absolute atomic E-state index is 12.1. The van der Waals surface area contributed by atoms with Crippen molar-refractivity contribution in [2.24, 2.45) is 0 Å². The molecule has 4 rings (SSSR count). The van der Waals surface area contributed by atoms with Crippen LogP contribution in [0.3, 0.4) is 0 Å². The summed E-state index contributed by atoms with van der Waals surface area (Å²) in [6.45, 7) is 0. The van der Waals surface area contributed by atoms with Gasteiger partial charge in [0.1, 0.15) is 11.7 Å². The molecule has 23 heavy (non-hydrogen) atoms. The van der Waals surface area contributed by atoms with E-state index in [1.807, 2.05) is 23.7 Å². The molecule has 8 heteroatoms. The Bertz CT molecular complexity index is 900. The predicted molar refractivity (Wildman–Crippen MR) is 87.0 cm³/mol. The third kappa shape index (κ3) is 2.57. The average molecular weight is 327 g/mol. The molecule has 3 aromatic rings. The maximum Gasteiger partial charge on any atom is 0.248 e. The molecule has 116 valence electrons. The minimum Gasteiger partial charge on any atom is -0.345 e. The van der Waals surface area contributed by atoms with E-state index < -0.39 is 6.04 Å². The van der Waals surface area contributed by atoms with E-state index in [4.69, 9.17) is 0 Å². The number of anilines is 1. The summed E-state index contributed by atoms with van der Waals surface area (Å²) in [7, 11) is 0. The Labute approximate surface area is 135 Å². The van der Waals surface area contributed by atoms with Crippen LogP contribution in [-0.4, -0.2) is 32.8 Å². The van der Waals surface area contributed by atoms with Crippen molar-refractivity contribution < 1.29 is 9.59 Å². The molecule has 1 saturated heterocycles. The van der Waals surface area contributed by atoms with Crippen LogP contribution in [0.5, 0.6) is 0 Å². The van der Waals surface area contributed by atoms with E-state index in [-0.39, 0.29) is 11.8 Å². The van der Waals surface area contributed by atoms with E-state index in [1.165, 1.54) is 11.3 Å². The monoisotopic (exact) mass is 327 g/mol. The molecule has 1 aliphatic rings. The number of nitrogens with one attached hydrogen (secondary N) is 3. The lowest BCUT2D eigenvalue weighted by Crippen LogP contribution is -2.37. The van der Waals surface area contributed by atoms with Gasteiger partial charge in [0.15, 0.2) is 5.13 Å². The molecule has 3 aromatic heterocycles. The quantitative estimate of drug-likeness (QED) is 0.684. The van der Waals surface area contributed by atoms with Crippen molar-refractivity contribution in [2.45, 2.75) is 18.9 Å². The van der Waals surface area contributed by atoms with Crippen molar-refractivity contribution >= 4 is 39.3 Å². The Morgan fingerprint density at radius 2 is 2.35 bits per heavy atom. The van der Waals surface area contributed by atoms with E-state index in [2.05, 4.69) is 25.6 Å². The van der Waals surface area contributed by atoms with Gasteiger partial charge in [-0.1, -0.05) is 0 Å². The van der Waals surface area contributed by atoms with E-state index in [1.54, 1.807) is 6.20 Å². The summed E-state index contributed by atoms with van der Waals surface area (Å²) in [5.74, 6) is -0.311. The standard InChI is InChI=1S/C15H13N5O2S/c21-12-4-3-10(18-12)14(22)20-15-19-11(7-23-15)9-6-17-13-8(9)2-1-5-16-13/h1-2,5-7,10H,3-4H2,(H,16,17)(H,18,21)(H,19,20,22). The van der Waals surface area contributed by atoms with Gasteiger partial charge in [-0.15, -0.1) is 11.3 Å². The molecule has 7 nitrogen and oxygen atoms in total. The molecule has 1 unspecified atom stereocenters. The highest BCUT2D eigenvalue weighted by molar-refractivity contribution is 7.14. The highest BCUT2D eigenvalue weighted by Crippen LogP contribution is 2.30. The van der Waals surface area contributed by atoms with Gasteiger partial charge in [-0.05, 0) is 18.6 Å². The van der Waals surface area contributed by atoms with Crippen molar-refractivity contribution in [1.82, 2.24) is 20.3 Å². The topological polar surface area (TPSA) is 99.8 Å². The van der Waals surface area contributed by atoms with Crippen LogP contribution in [0.1, 0.15) is 12.8 Å². The maximum atomic E-state index is 12.1. The Kier molecular flexibility index (Phi) is 3.30. The molecule has 0 spiro atoms. The second-order valence-electron chi connectivity index (χ2n) is 5.29. The molecule has 0 aromatic carbocycles. The molecular formula is C15H13N5O2S. The fourth-order valence-electron chi connectivity index (χ4n) is 2.63. The van der Waals surface area contributed by atoms with Gasteiger partial charge in [0.25, 0.3) is 0 Å². The van der Waals surface area contributed by atoms with E-state index in [0.29, 0.717) is 18.0 Å². The number of H-pyrrole nitrogens is 1. The molecule has 2 amide bonds. The summed E-state index contributed by atoms with van der Waals surface area (Å²) in [5.41, 5.74) is 2.52. The summed E-state index contributed by atoms with van der Waals surface area (Å²) in [6, 6.07) is 3.38. The summed E-state index contributed by atoms with van der Waals surface area (Å²) in [5, 5.41) is 8.80. The molecule has 1 fully saturated rings. The Balaban J connectivity index is 1.55. The van der Waals surface area contributed by atoms with Crippen LogP contribution in [0.4, 0.5) is 5.13 Å². The number of pyridine rings is 1. The number of aromatic amines is 1. The second-order valence-corrected chi connectivity index (χ2v) is 6.15. The normalized spacial score (nSPS) is 17.4. The van der Waals surface area contributed by atoms with Crippen LogP contribution >= 0.6 is 11.3 Å². The first-order chi connectivity index (χ1) is 11.2. The number of rotatable bonds is 3. The number of nitrogens with zero attached hydrogens (tertiary/aromatic N) is 2. The number of hydrogen-bond acceptors (Lipinski definition) is 5. The lowest BCUT2D eigenvalue weighted by molar-refractivity contribution is -0.122. The van der Waals surface area contributed by atoms with E-state index in [0.717, 1.165) is 22.3 Å². The second kappa shape index (κ2) is 5.47. The lowest BCUT2D eigenvalue weighted by atomic mass is 10.2.